The second-order valence-electron chi connectivity index (χ2n) is 4.05. The van der Waals surface area contributed by atoms with Crippen LogP contribution in [0, 0.1) is 3.57 Å². The standard InChI is InChI=1S/C14H12Cl2IN/c1-9(10-3-2-4-11(15)7-10)18-14-6-5-12(16)8-13(14)17/h2-9,18H,1H3. The number of halogens is 3. The van der Waals surface area contributed by atoms with E-state index in [2.05, 4.69) is 40.9 Å². The van der Waals surface area contributed by atoms with Crippen LogP contribution in [0.15, 0.2) is 42.5 Å². The molecule has 0 spiro atoms. The maximum atomic E-state index is 6.00. The zero-order valence-electron chi connectivity index (χ0n) is 9.75. The van der Waals surface area contributed by atoms with E-state index in [1.165, 1.54) is 0 Å². The summed E-state index contributed by atoms with van der Waals surface area (Å²) in [4.78, 5) is 0. The highest BCUT2D eigenvalue weighted by Crippen LogP contribution is 2.27. The van der Waals surface area contributed by atoms with Crippen molar-refractivity contribution in [2.45, 2.75) is 13.0 Å². The molecule has 1 N–H and O–H groups in total. The SMILES string of the molecule is CC(Nc1ccc(Cl)cc1I)c1cccc(Cl)c1. The summed E-state index contributed by atoms with van der Waals surface area (Å²) in [6.45, 7) is 2.11. The number of benzene rings is 2. The molecule has 0 bridgehead atoms. The highest BCUT2D eigenvalue weighted by molar-refractivity contribution is 14.1. The van der Waals surface area contributed by atoms with E-state index in [0.29, 0.717) is 0 Å². The summed E-state index contributed by atoms with van der Waals surface area (Å²) in [6.07, 6.45) is 0. The Bertz CT molecular complexity index is 557. The lowest BCUT2D eigenvalue weighted by Crippen LogP contribution is -2.07. The molecule has 0 aliphatic rings. The third-order valence-corrected chi connectivity index (χ3v) is 4.01. The van der Waals surface area contributed by atoms with Gasteiger partial charge in [0.05, 0.1) is 0 Å². The number of nitrogens with one attached hydrogen (secondary N) is 1. The molecule has 2 rings (SSSR count). The molecule has 0 saturated carbocycles. The molecule has 18 heavy (non-hydrogen) atoms. The lowest BCUT2D eigenvalue weighted by atomic mass is 10.1. The minimum Gasteiger partial charge on any atom is -0.378 e. The van der Waals surface area contributed by atoms with Crippen LogP contribution in [-0.2, 0) is 0 Å². The summed E-state index contributed by atoms with van der Waals surface area (Å²) >= 11 is 14.2. The van der Waals surface area contributed by atoms with Gasteiger partial charge in [-0.15, -0.1) is 0 Å². The fourth-order valence-electron chi connectivity index (χ4n) is 1.70. The van der Waals surface area contributed by atoms with E-state index < -0.39 is 0 Å². The summed E-state index contributed by atoms with van der Waals surface area (Å²) in [5.74, 6) is 0. The minimum atomic E-state index is 0.193. The third kappa shape index (κ3) is 3.53. The van der Waals surface area contributed by atoms with Crippen molar-refractivity contribution >= 4 is 51.5 Å². The van der Waals surface area contributed by atoms with Crippen molar-refractivity contribution in [1.29, 1.82) is 0 Å². The topological polar surface area (TPSA) is 12.0 Å². The van der Waals surface area contributed by atoms with Crippen molar-refractivity contribution < 1.29 is 0 Å². The van der Waals surface area contributed by atoms with Gasteiger partial charge in [0.1, 0.15) is 0 Å². The van der Waals surface area contributed by atoms with Gasteiger partial charge in [0, 0.05) is 25.3 Å². The van der Waals surface area contributed by atoms with E-state index in [1.807, 2.05) is 36.4 Å². The molecular weight excluding hydrogens is 380 g/mol. The average Bonchev–Trinajstić information content (AvgIpc) is 2.32. The molecule has 0 fully saturated rings. The second-order valence-corrected chi connectivity index (χ2v) is 6.08. The first-order chi connectivity index (χ1) is 8.56. The van der Waals surface area contributed by atoms with E-state index in [1.54, 1.807) is 0 Å². The smallest absolute Gasteiger partial charge is 0.0486 e. The molecule has 0 aliphatic carbocycles. The van der Waals surface area contributed by atoms with Crippen molar-refractivity contribution in [1.82, 2.24) is 0 Å². The minimum absolute atomic E-state index is 0.193. The first-order valence-corrected chi connectivity index (χ1v) is 7.37. The van der Waals surface area contributed by atoms with Crippen LogP contribution in [0.2, 0.25) is 10.0 Å². The van der Waals surface area contributed by atoms with Gasteiger partial charge in [-0.3, -0.25) is 0 Å². The summed E-state index contributed by atoms with van der Waals surface area (Å²) in [5.41, 5.74) is 2.24. The lowest BCUT2D eigenvalue weighted by Gasteiger charge is -2.17. The van der Waals surface area contributed by atoms with Gasteiger partial charge in [0.15, 0.2) is 0 Å². The fourth-order valence-corrected chi connectivity index (χ4v) is 2.92. The number of rotatable bonds is 3. The molecule has 0 radical (unpaired) electrons. The van der Waals surface area contributed by atoms with Crippen molar-refractivity contribution in [2.75, 3.05) is 5.32 Å². The van der Waals surface area contributed by atoms with Crippen LogP contribution in [0.4, 0.5) is 5.69 Å². The maximum absolute atomic E-state index is 6.00. The van der Waals surface area contributed by atoms with Crippen LogP contribution in [0.25, 0.3) is 0 Å². The second kappa shape index (κ2) is 6.13. The number of hydrogen-bond donors (Lipinski definition) is 1. The van der Waals surface area contributed by atoms with Crippen LogP contribution < -0.4 is 5.32 Å². The largest absolute Gasteiger partial charge is 0.378 e. The quantitative estimate of drug-likeness (QED) is 0.654. The zero-order valence-corrected chi connectivity index (χ0v) is 13.4. The monoisotopic (exact) mass is 391 g/mol. The van der Waals surface area contributed by atoms with E-state index >= 15 is 0 Å². The molecule has 94 valence electrons. The molecule has 0 heterocycles. The van der Waals surface area contributed by atoms with E-state index in [0.717, 1.165) is 24.9 Å². The van der Waals surface area contributed by atoms with E-state index in [9.17, 15) is 0 Å². The van der Waals surface area contributed by atoms with Gasteiger partial charge in [-0.05, 0) is 65.4 Å². The summed E-state index contributed by atoms with van der Waals surface area (Å²) in [5, 5.41) is 4.96. The van der Waals surface area contributed by atoms with Gasteiger partial charge in [0.2, 0.25) is 0 Å². The van der Waals surface area contributed by atoms with Crippen molar-refractivity contribution in [3.63, 3.8) is 0 Å². The molecule has 1 nitrogen and oxygen atoms in total. The van der Waals surface area contributed by atoms with E-state index in [-0.39, 0.29) is 6.04 Å². The number of hydrogen-bond acceptors (Lipinski definition) is 1. The highest BCUT2D eigenvalue weighted by atomic mass is 127. The van der Waals surface area contributed by atoms with Gasteiger partial charge in [-0.1, -0.05) is 35.3 Å². The van der Waals surface area contributed by atoms with Gasteiger partial charge < -0.3 is 5.32 Å². The molecule has 0 aliphatic heterocycles. The summed E-state index contributed by atoms with van der Waals surface area (Å²) < 4.78 is 1.11. The van der Waals surface area contributed by atoms with Gasteiger partial charge in [-0.25, -0.2) is 0 Å². The Morgan fingerprint density at radius 1 is 1.06 bits per heavy atom. The Kier molecular flexibility index (Phi) is 4.76. The molecule has 2 aromatic carbocycles. The molecule has 4 heteroatoms. The first-order valence-electron chi connectivity index (χ1n) is 5.53. The lowest BCUT2D eigenvalue weighted by molar-refractivity contribution is 0.883. The van der Waals surface area contributed by atoms with E-state index in [4.69, 9.17) is 23.2 Å². The summed E-state index contributed by atoms with van der Waals surface area (Å²) in [7, 11) is 0. The van der Waals surface area contributed by atoms with Gasteiger partial charge in [0.25, 0.3) is 0 Å². The van der Waals surface area contributed by atoms with Crippen molar-refractivity contribution in [3.05, 3.63) is 61.6 Å². The molecule has 0 saturated heterocycles. The van der Waals surface area contributed by atoms with Crippen LogP contribution in [0.1, 0.15) is 18.5 Å². The Hall–Kier alpha value is -0.450. The average molecular weight is 392 g/mol. The van der Waals surface area contributed by atoms with Crippen LogP contribution >= 0.6 is 45.8 Å². The predicted molar refractivity (Wildman–Crippen MR) is 87.7 cm³/mol. The molecule has 2 aromatic rings. The van der Waals surface area contributed by atoms with Gasteiger partial charge >= 0.3 is 0 Å². The van der Waals surface area contributed by atoms with Crippen LogP contribution in [0.5, 0.6) is 0 Å². The molecular formula is C14H12Cl2IN. The highest BCUT2D eigenvalue weighted by Gasteiger charge is 2.08. The molecule has 0 aromatic heterocycles. The predicted octanol–water partition coefficient (Wildman–Crippen LogP) is 5.77. The maximum Gasteiger partial charge on any atom is 0.0486 e. The van der Waals surface area contributed by atoms with Crippen molar-refractivity contribution in [2.24, 2.45) is 0 Å². The third-order valence-electron chi connectivity index (χ3n) is 2.65. The van der Waals surface area contributed by atoms with Crippen LogP contribution in [-0.4, -0.2) is 0 Å². The Morgan fingerprint density at radius 2 is 1.78 bits per heavy atom. The Labute approximate surface area is 131 Å². The molecule has 1 atom stereocenters. The molecule has 0 amide bonds. The Morgan fingerprint density at radius 3 is 2.44 bits per heavy atom. The number of anilines is 1. The first kappa shape index (κ1) is 14.0. The fraction of sp³-hybridized carbons (Fsp3) is 0.143. The molecule has 1 unspecified atom stereocenters. The summed E-state index contributed by atoms with van der Waals surface area (Å²) in [6, 6.07) is 13.9. The van der Waals surface area contributed by atoms with Crippen molar-refractivity contribution in [3.8, 4) is 0 Å². The normalized spacial score (nSPS) is 12.2. The Balaban J connectivity index is 2.18. The van der Waals surface area contributed by atoms with Crippen LogP contribution in [0.3, 0.4) is 0 Å². The van der Waals surface area contributed by atoms with Gasteiger partial charge in [-0.2, -0.15) is 0 Å². The zero-order chi connectivity index (χ0) is 13.1.